The minimum atomic E-state index is -0.752. The molecule has 352 valence electrons. The Morgan fingerprint density at radius 2 is 1.91 bits per heavy atom. The van der Waals surface area contributed by atoms with Gasteiger partial charge in [-0.15, -0.1) is 11.3 Å². The van der Waals surface area contributed by atoms with Crippen molar-refractivity contribution >= 4 is 46.2 Å². The zero-order valence-electron chi connectivity index (χ0n) is 40.2. The number of amides is 3. The molecule has 7 rings (SSSR count). The van der Waals surface area contributed by atoms with Gasteiger partial charge in [0.1, 0.15) is 12.3 Å². The lowest BCUT2D eigenvalue weighted by molar-refractivity contribution is -0.142. The molecule has 2 N–H and O–H groups in total. The summed E-state index contributed by atoms with van der Waals surface area (Å²) in [6.45, 7) is 20.7. The normalized spacial score (nSPS) is 21.4. The largest absolute Gasteiger partial charge is 0.375 e. The van der Waals surface area contributed by atoms with Gasteiger partial charge in [-0.05, 0) is 108 Å². The van der Waals surface area contributed by atoms with Gasteiger partial charge in [0.25, 0.3) is 5.91 Å². The zero-order chi connectivity index (χ0) is 47.2. The maximum atomic E-state index is 14.3. The number of aromatic nitrogens is 3. The Labute approximate surface area is 389 Å². The van der Waals surface area contributed by atoms with Crippen molar-refractivity contribution in [2.75, 3.05) is 61.0 Å². The molecular weight excluding hydrogens is 839 g/mol. The minimum Gasteiger partial charge on any atom is -0.375 e. The average Bonchev–Trinajstić information content (AvgIpc) is 4.03. The number of nitrogens with zero attached hydrogens (tertiary/aromatic N) is 7. The smallest absolute Gasteiger partial charge is 0.259 e. The Morgan fingerprint density at radius 1 is 1.14 bits per heavy atom. The first-order valence-electron chi connectivity index (χ1n) is 23.2. The number of pyridine rings is 1. The predicted octanol–water partition coefficient (Wildman–Crippen LogP) is 6.40. The Hall–Kier alpha value is -4.80. The van der Waals surface area contributed by atoms with Gasteiger partial charge < -0.3 is 29.2 Å². The number of nitrogens with one attached hydrogen (secondary N) is 2. The summed E-state index contributed by atoms with van der Waals surface area (Å²) in [5.74, 6) is -0.219. The number of rotatable bonds is 10. The van der Waals surface area contributed by atoms with Gasteiger partial charge >= 0.3 is 0 Å². The van der Waals surface area contributed by atoms with Gasteiger partial charge in [0.15, 0.2) is 0 Å². The number of aryl methyl sites for hydroxylation is 1. The van der Waals surface area contributed by atoms with Crippen molar-refractivity contribution in [2.24, 2.45) is 17.3 Å². The summed E-state index contributed by atoms with van der Waals surface area (Å²) >= 11 is 1.54. The van der Waals surface area contributed by atoms with E-state index in [9.17, 15) is 19.2 Å². The molecule has 3 aliphatic heterocycles. The Balaban J connectivity index is 0.000000557. The fourth-order valence-corrected chi connectivity index (χ4v) is 10.9. The molecule has 2 saturated heterocycles. The Morgan fingerprint density at radius 3 is 2.57 bits per heavy atom. The summed E-state index contributed by atoms with van der Waals surface area (Å²) < 4.78 is 8.27. The second-order valence-corrected chi connectivity index (χ2v) is 20.3. The van der Waals surface area contributed by atoms with E-state index in [1.807, 2.05) is 45.1 Å². The molecule has 0 aliphatic carbocycles. The van der Waals surface area contributed by atoms with E-state index >= 15 is 0 Å². The standard InChI is InChI=1S/C42H60N8O3S.C8H11NO2/c1-11-49-35-17-16-28-20-31(35)32(39(49)30-15-12-18-43-37(30)27(4)53-10)22-42(5,6)25-48(9)23-29-14-13-19-50(46-29)41(52)33(21-36-44-34(28)24-54-36)45-40(51)38(26(2)3)47(7)8;1-2-8(11)9-4-3-7(5-9)6-10/h12,15-18,20,24,26-27,29,33,38,46H,11,13-14,19,21-23,25H2,1-10H3,(H,45,51);2,6-7H,1,3-5H2/t27?,29-,33?,38?;/m0./s1. The van der Waals surface area contributed by atoms with Crippen molar-refractivity contribution in [3.8, 4) is 22.5 Å². The maximum Gasteiger partial charge on any atom is 0.259 e. The second-order valence-electron chi connectivity index (χ2n) is 19.3. The van der Waals surface area contributed by atoms with E-state index in [1.54, 1.807) is 17.0 Å². The molecule has 3 aromatic heterocycles. The molecule has 0 radical (unpaired) electrons. The van der Waals surface area contributed by atoms with Gasteiger partial charge in [0.2, 0.25) is 11.8 Å². The summed E-state index contributed by atoms with van der Waals surface area (Å²) in [6.07, 6.45) is 7.71. The highest BCUT2D eigenvalue weighted by Gasteiger charge is 2.35. The number of carbonyl (C=O) groups excluding carboxylic acids is 4. The van der Waals surface area contributed by atoms with Crippen LogP contribution in [0.2, 0.25) is 0 Å². The lowest BCUT2D eigenvalue weighted by Crippen LogP contribution is -2.61. The minimum absolute atomic E-state index is 0.0406. The number of hydrazine groups is 1. The van der Waals surface area contributed by atoms with Crippen LogP contribution in [-0.4, -0.2) is 137 Å². The SMILES string of the molecule is C=CC(=O)N1CCC(C=O)C1.CCn1c(-c2cccnc2C(C)OC)c2c3cc(ccc31)-c1csc(n1)CC(NC(=O)C(C(C)C)N(C)C)C(=O)N1CCC[C@@H](CN(C)CC(C)(C)C2)N1. The van der Waals surface area contributed by atoms with Crippen LogP contribution in [0, 0.1) is 17.3 Å². The summed E-state index contributed by atoms with van der Waals surface area (Å²) in [5, 5.41) is 9.02. The average molecular weight is 910 g/mol. The molecule has 1 aromatic carbocycles. The number of aldehydes is 1. The molecular formula is C50H71N9O5S. The van der Waals surface area contributed by atoms with Crippen LogP contribution in [-0.2, 0) is 43.3 Å². The summed E-state index contributed by atoms with van der Waals surface area (Å²) in [5.41, 5.74) is 11.1. The molecule has 3 amide bonds. The van der Waals surface area contributed by atoms with Crippen LogP contribution in [0.5, 0.6) is 0 Å². The van der Waals surface area contributed by atoms with Crippen LogP contribution >= 0.6 is 11.3 Å². The third kappa shape index (κ3) is 11.6. The zero-order valence-corrected chi connectivity index (χ0v) is 41.0. The van der Waals surface area contributed by atoms with Crippen LogP contribution in [0.3, 0.4) is 0 Å². The summed E-state index contributed by atoms with van der Waals surface area (Å²) in [7, 11) is 7.75. The first kappa shape index (κ1) is 49.6. The fourth-order valence-electron chi connectivity index (χ4n) is 10.0. The van der Waals surface area contributed by atoms with E-state index in [2.05, 4.69) is 91.2 Å². The van der Waals surface area contributed by atoms with Crippen molar-refractivity contribution in [3.05, 3.63) is 70.8 Å². The number of likely N-dealkylation sites (N-methyl/N-ethyl adjacent to an activating group) is 2. The van der Waals surface area contributed by atoms with Gasteiger partial charge in [-0.2, -0.15) is 0 Å². The van der Waals surface area contributed by atoms with Gasteiger partial charge in [-0.3, -0.25) is 29.3 Å². The van der Waals surface area contributed by atoms with E-state index in [4.69, 9.17) is 14.7 Å². The Bertz CT molecular complexity index is 2310. The number of hydrogen-bond acceptors (Lipinski definition) is 11. The van der Waals surface area contributed by atoms with Crippen molar-refractivity contribution in [1.82, 2.24) is 45.0 Å². The number of methoxy groups -OCH3 is 1. The number of likely N-dealkylation sites (tertiary alicyclic amines) is 1. The molecule has 2 fully saturated rings. The highest BCUT2D eigenvalue weighted by Crippen LogP contribution is 2.42. The maximum absolute atomic E-state index is 14.3. The topological polar surface area (TPSA) is 145 Å². The van der Waals surface area contributed by atoms with Gasteiger partial charge in [-0.25, -0.2) is 10.4 Å². The Kier molecular flexibility index (Phi) is 16.5. The number of benzene rings is 1. The van der Waals surface area contributed by atoms with Crippen molar-refractivity contribution < 1.29 is 23.9 Å². The first-order chi connectivity index (χ1) is 31.0. The molecule has 3 aliphatic rings. The number of carbonyl (C=O) groups is 4. The van der Waals surface area contributed by atoms with E-state index < -0.39 is 6.04 Å². The van der Waals surface area contributed by atoms with Crippen LogP contribution in [0.15, 0.2) is 54.6 Å². The molecule has 6 heterocycles. The number of thiazole rings is 1. The molecule has 4 aromatic rings. The molecule has 4 unspecified atom stereocenters. The molecule has 0 spiro atoms. The lowest BCUT2D eigenvalue weighted by Gasteiger charge is -2.39. The summed E-state index contributed by atoms with van der Waals surface area (Å²) in [6, 6.07) is 9.89. The van der Waals surface area contributed by atoms with E-state index in [1.165, 1.54) is 39.6 Å². The van der Waals surface area contributed by atoms with Gasteiger partial charge in [-0.1, -0.05) is 40.3 Å². The fraction of sp³-hybridized carbons (Fsp3) is 0.560. The second kappa shape index (κ2) is 21.7. The van der Waals surface area contributed by atoms with E-state index in [-0.39, 0.29) is 53.2 Å². The van der Waals surface area contributed by atoms with Crippen molar-refractivity contribution in [3.63, 3.8) is 0 Å². The van der Waals surface area contributed by atoms with Crippen molar-refractivity contribution in [1.29, 1.82) is 0 Å². The monoisotopic (exact) mass is 910 g/mol. The molecule has 0 saturated carbocycles. The van der Waals surface area contributed by atoms with Gasteiger partial charge in [0.05, 0.1) is 34.2 Å². The van der Waals surface area contributed by atoms with Crippen LogP contribution < -0.4 is 10.7 Å². The lowest BCUT2D eigenvalue weighted by atomic mass is 9.83. The third-order valence-electron chi connectivity index (χ3n) is 12.9. The van der Waals surface area contributed by atoms with Crippen LogP contribution in [0.25, 0.3) is 33.4 Å². The highest BCUT2D eigenvalue weighted by atomic mass is 32.1. The predicted molar refractivity (Wildman–Crippen MR) is 259 cm³/mol. The van der Waals surface area contributed by atoms with Gasteiger partial charge in [0, 0.05) is 98.4 Å². The van der Waals surface area contributed by atoms with Crippen LogP contribution in [0.1, 0.15) is 83.2 Å². The molecule has 15 heteroatoms. The molecule has 6 bridgehead atoms. The van der Waals surface area contributed by atoms with E-state index in [0.717, 1.165) is 79.1 Å². The quantitative estimate of drug-likeness (QED) is 0.136. The van der Waals surface area contributed by atoms with Crippen molar-refractivity contribution in [2.45, 2.75) is 104 Å². The molecule has 14 nitrogen and oxygen atoms in total. The third-order valence-corrected chi connectivity index (χ3v) is 13.8. The highest BCUT2D eigenvalue weighted by molar-refractivity contribution is 7.10. The molecule has 65 heavy (non-hydrogen) atoms. The number of ether oxygens (including phenoxy) is 1. The number of fused-ring (bicyclic) bond motifs is 6. The summed E-state index contributed by atoms with van der Waals surface area (Å²) in [4.78, 5) is 65.3. The molecule has 5 atom stereocenters. The van der Waals surface area contributed by atoms with Crippen LogP contribution in [0.4, 0.5) is 0 Å². The first-order valence-corrected chi connectivity index (χ1v) is 24.0. The van der Waals surface area contributed by atoms with E-state index in [0.29, 0.717) is 26.1 Å². The number of hydrogen-bond donors (Lipinski definition) is 2.